The lowest BCUT2D eigenvalue weighted by Crippen LogP contribution is -2.42. The monoisotopic (exact) mass is 160 g/mol. The van der Waals surface area contributed by atoms with Crippen LogP contribution >= 0.6 is 0 Å². The van der Waals surface area contributed by atoms with Crippen molar-refractivity contribution in [1.29, 1.82) is 0 Å². The molecule has 0 aliphatic heterocycles. The van der Waals surface area contributed by atoms with Crippen LogP contribution in [-0.4, -0.2) is 15.9 Å². The van der Waals surface area contributed by atoms with E-state index in [1.165, 1.54) is 12.1 Å². The molecule has 0 rings (SSSR count). The highest BCUT2D eigenvalue weighted by molar-refractivity contribution is 7.31. The molecule has 0 atom stereocenters. The van der Waals surface area contributed by atoms with Gasteiger partial charge in [0.1, 0.15) is 0 Å². The predicted molar refractivity (Wildman–Crippen MR) is 51.5 cm³/mol. The van der Waals surface area contributed by atoms with Gasteiger partial charge in [-0.1, -0.05) is 45.6 Å². The van der Waals surface area contributed by atoms with E-state index in [0.29, 0.717) is 0 Å². The van der Waals surface area contributed by atoms with E-state index in [-0.39, 0.29) is 8.31 Å². The van der Waals surface area contributed by atoms with Crippen LogP contribution in [0.25, 0.3) is 0 Å². The van der Waals surface area contributed by atoms with Gasteiger partial charge in [-0.05, 0) is 0 Å². The first-order valence-corrected chi connectivity index (χ1v) is 11.1. The van der Waals surface area contributed by atoms with Gasteiger partial charge in [-0.2, -0.15) is 0 Å². The van der Waals surface area contributed by atoms with Gasteiger partial charge in [0.25, 0.3) is 0 Å². The second kappa shape index (κ2) is 3.57. The van der Waals surface area contributed by atoms with Gasteiger partial charge in [0.2, 0.25) is 0 Å². The molecule has 0 nitrogen and oxygen atoms in total. The summed E-state index contributed by atoms with van der Waals surface area (Å²) in [6.07, 6.45) is 0. The molecular formula is C7H20Si2. The van der Waals surface area contributed by atoms with E-state index in [0.717, 1.165) is 0 Å². The highest BCUT2D eigenvalue weighted by Gasteiger charge is 2.26. The van der Waals surface area contributed by atoms with Crippen LogP contribution in [-0.2, 0) is 0 Å². The topological polar surface area (TPSA) is 0 Å². The second-order valence-electron chi connectivity index (χ2n) is 3.52. The van der Waals surface area contributed by atoms with Crippen LogP contribution in [0.5, 0.6) is 0 Å². The molecule has 0 bridgehead atoms. The fraction of sp³-hybridized carbons (Fsp3) is 1.00. The van der Waals surface area contributed by atoms with Gasteiger partial charge in [-0.25, -0.2) is 0 Å². The molecule has 0 aliphatic rings. The van der Waals surface area contributed by atoms with Crippen molar-refractivity contribution >= 4 is 15.9 Å². The van der Waals surface area contributed by atoms with Crippen molar-refractivity contribution in [2.75, 3.05) is 0 Å². The Morgan fingerprint density at radius 1 is 1.11 bits per heavy atom. The van der Waals surface area contributed by atoms with Crippen molar-refractivity contribution in [1.82, 2.24) is 0 Å². The first-order valence-electron chi connectivity index (χ1n) is 4.06. The minimum Gasteiger partial charge on any atom is -0.0740 e. The van der Waals surface area contributed by atoms with Crippen molar-refractivity contribution < 1.29 is 0 Å². The summed E-state index contributed by atoms with van der Waals surface area (Å²) in [6, 6.07) is 3.01. The van der Waals surface area contributed by atoms with E-state index in [9.17, 15) is 0 Å². The van der Waals surface area contributed by atoms with Crippen LogP contribution in [0.4, 0.5) is 0 Å². The fourth-order valence-corrected chi connectivity index (χ4v) is 8.10. The molecule has 0 saturated carbocycles. The third-order valence-electron chi connectivity index (χ3n) is 3.01. The third kappa shape index (κ3) is 2.26. The zero-order chi connectivity index (χ0) is 7.49. The molecule has 0 aromatic carbocycles. The summed E-state index contributed by atoms with van der Waals surface area (Å²) in [6.45, 7) is 12.4. The molecule has 0 aliphatic carbocycles. The summed E-state index contributed by atoms with van der Waals surface area (Å²) in [5.74, 6) is 0. The van der Waals surface area contributed by atoms with Crippen LogP contribution in [0.1, 0.15) is 13.8 Å². The van der Waals surface area contributed by atoms with Gasteiger partial charge in [0.05, 0.1) is 0 Å². The van der Waals surface area contributed by atoms with Gasteiger partial charge >= 0.3 is 0 Å². The average molecular weight is 160 g/mol. The molecule has 0 fully saturated rings. The maximum Gasteiger partial charge on any atom is 0.0399 e. The maximum atomic E-state index is 2.57. The van der Waals surface area contributed by atoms with Crippen LogP contribution in [0, 0.1) is 0 Å². The summed E-state index contributed by atoms with van der Waals surface area (Å²) >= 11 is 0. The van der Waals surface area contributed by atoms with Crippen molar-refractivity contribution in [3.05, 3.63) is 0 Å². The first kappa shape index (κ1) is 9.43. The lowest BCUT2D eigenvalue weighted by Gasteiger charge is -2.27. The van der Waals surface area contributed by atoms with Crippen molar-refractivity contribution in [3.63, 3.8) is 0 Å². The molecule has 0 heterocycles. The smallest absolute Gasteiger partial charge is 0.0399 e. The summed E-state index contributed by atoms with van der Waals surface area (Å²) in [4.78, 5) is 0. The largest absolute Gasteiger partial charge is 0.0740 e. The van der Waals surface area contributed by atoms with Gasteiger partial charge < -0.3 is 0 Å². The van der Waals surface area contributed by atoms with E-state index >= 15 is 0 Å². The molecule has 0 N–H and O–H groups in total. The Kier molecular flexibility index (Phi) is 3.74. The normalized spacial score (nSPS) is 12.7. The third-order valence-corrected chi connectivity index (χ3v) is 19.8. The molecule has 9 heavy (non-hydrogen) atoms. The number of hydrogen-bond donors (Lipinski definition) is 0. The Labute approximate surface area is 62.1 Å². The standard InChI is InChI=1S/C7H20Si2/c1-6-9(5,7-2)8(3)4/h8H,6-7H2,1-5H3. The van der Waals surface area contributed by atoms with Gasteiger partial charge in [-0.3, -0.25) is 0 Å². The zero-order valence-electron chi connectivity index (χ0n) is 7.49. The maximum absolute atomic E-state index is 2.57. The van der Waals surface area contributed by atoms with Gasteiger partial charge in [-0.15, -0.1) is 0 Å². The van der Waals surface area contributed by atoms with E-state index in [1.807, 2.05) is 0 Å². The predicted octanol–water partition coefficient (Wildman–Crippen LogP) is 2.67. The minimum atomic E-state index is -0.636. The van der Waals surface area contributed by atoms with E-state index in [4.69, 9.17) is 0 Å². The van der Waals surface area contributed by atoms with Crippen molar-refractivity contribution in [3.8, 4) is 0 Å². The van der Waals surface area contributed by atoms with Crippen molar-refractivity contribution in [2.24, 2.45) is 0 Å². The fourth-order valence-electron chi connectivity index (χ4n) is 1.07. The average Bonchev–Trinajstić information content (AvgIpc) is 1.86. The number of hydrogen-bond acceptors (Lipinski definition) is 0. The lowest BCUT2D eigenvalue weighted by molar-refractivity contribution is 1.29. The Hall–Kier alpha value is 0.434. The Morgan fingerprint density at radius 3 is 1.44 bits per heavy atom. The molecular weight excluding hydrogens is 140 g/mol. The lowest BCUT2D eigenvalue weighted by atomic mass is 10.9. The molecule has 0 aromatic heterocycles. The van der Waals surface area contributed by atoms with Crippen LogP contribution in [0.2, 0.25) is 31.7 Å². The highest BCUT2D eigenvalue weighted by Crippen LogP contribution is 2.17. The van der Waals surface area contributed by atoms with E-state index < -0.39 is 7.59 Å². The molecule has 0 unspecified atom stereocenters. The van der Waals surface area contributed by atoms with Crippen molar-refractivity contribution in [2.45, 2.75) is 45.6 Å². The molecule has 56 valence electrons. The SMILES string of the molecule is CC[Si](C)(CC)[SiH](C)C. The van der Waals surface area contributed by atoms with Gasteiger partial charge in [0.15, 0.2) is 0 Å². The van der Waals surface area contributed by atoms with Crippen LogP contribution < -0.4 is 0 Å². The van der Waals surface area contributed by atoms with E-state index in [2.05, 4.69) is 33.5 Å². The Balaban J connectivity index is 3.92. The summed E-state index contributed by atoms with van der Waals surface area (Å²) in [7, 11) is -0.897. The molecule has 0 spiro atoms. The van der Waals surface area contributed by atoms with Crippen LogP contribution in [0.3, 0.4) is 0 Å². The Morgan fingerprint density at radius 2 is 1.44 bits per heavy atom. The second-order valence-corrected chi connectivity index (χ2v) is 18.2. The van der Waals surface area contributed by atoms with E-state index in [1.54, 1.807) is 0 Å². The zero-order valence-corrected chi connectivity index (χ0v) is 9.65. The molecule has 0 saturated heterocycles. The highest BCUT2D eigenvalue weighted by atomic mass is 29.2. The summed E-state index contributed by atoms with van der Waals surface area (Å²) < 4.78 is 0. The first-order chi connectivity index (χ1) is 4.06. The molecule has 0 amide bonds. The summed E-state index contributed by atoms with van der Waals surface area (Å²) in [5, 5.41) is 0. The number of rotatable bonds is 3. The van der Waals surface area contributed by atoms with Gasteiger partial charge in [0, 0.05) is 15.9 Å². The molecule has 2 heteroatoms. The van der Waals surface area contributed by atoms with Crippen LogP contribution in [0.15, 0.2) is 0 Å². The Bertz CT molecular complexity index is 75.0. The summed E-state index contributed by atoms with van der Waals surface area (Å²) in [5.41, 5.74) is 0. The molecule has 0 aromatic rings. The minimum absolute atomic E-state index is 0.262. The quantitative estimate of drug-likeness (QED) is 0.557. The molecule has 0 radical (unpaired) electrons.